The van der Waals surface area contributed by atoms with E-state index in [2.05, 4.69) is 34.5 Å². The van der Waals surface area contributed by atoms with Gasteiger partial charge in [0.2, 0.25) is 11.8 Å². The van der Waals surface area contributed by atoms with Crippen molar-refractivity contribution in [1.82, 2.24) is 4.90 Å². The van der Waals surface area contributed by atoms with Gasteiger partial charge in [-0.2, -0.15) is 0 Å². The van der Waals surface area contributed by atoms with Crippen LogP contribution < -0.4 is 15.0 Å². The minimum Gasteiger partial charge on any atom is -0.489 e. The van der Waals surface area contributed by atoms with Crippen molar-refractivity contribution in [1.29, 1.82) is 0 Å². The number of carbonyl (C=O) groups is 2. The summed E-state index contributed by atoms with van der Waals surface area (Å²) in [6.45, 7) is 4.02. The van der Waals surface area contributed by atoms with Gasteiger partial charge in [0.1, 0.15) is 17.9 Å². The van der Waals surface area contributed by atoms with E-state index in [1.807, 2.05) is 12.1 Å². The van der Waals surface area contributed by atoms with Crippen molar-refractivity contribution in [2.24, 2.45) is 0 Å². The number of carbonyl (C=O) groups excluding carboxylic acids is 2. The second kappa shape index (κ2) is 10.3. The molecule has 2 amide bonds. The fraction of sp³-hybridized carbons (Fsp3) is 0.440. The lowest BCUT2D eigenvalue weighted by molar-refractivity contribution is -0.138. The molecule has 1 atom stereocenters. The number of halogens is 1. The normalized spacial score (nSPS) is 19.5. The average molecular weight is 456 g/mol. The minimum atomic E-state index is -0.425. The Labute approximate surface area is 194 Å². The van der Waals surface area contributed by atoms with Crippen LogP contribution in [0.25, 0.3) is 0 Å². The molecule has 1 N–H and O–H groups in total. The highest BCUT2D eigenvalue weighted by molar-refractivity contribution is 6.32. The van der Waals surface area contributed by atoms with Crippen LogP contribution in [-0.4, -0.2) is 48.5 Å². The first kappa shape index (κ1) is 22.5. The zero-order valence-electron chi connectivity index (χ0n) is 18.4. The van der Waals surface area contributed by atoms with Gasteiger partial charge in [0.25, 0.3) is 0 Å². The number of amides is 2. The van der Waals surface area contributed by atoms with Crippen LogP contribution in [0.4, 0.5) is 11.4 Å². The molecule has 0 bridgehead atoms. The summed E-state index contributed by atoms with van der Waals surface area (Å²) in [5.74, 6) is 0.397. The van der Waals surface area contributed by atoms with Gasteiger partial charge >= 0.3 is 0 Å². The molecule has 4 rings (SSSR count). The Morgan fingerprint density at radius 1 is 1.00 bits per heavy atom. The van der Waals surface area contributed by atoms with Crippen LogP contribution in [0.1, 0.15) is 39.0 Å². The molecule has 2 aliphatic heterocycles. The maximum atomic E-state index is 12.8. The molecule has 2 aromatic rings. The standard InChI is InChI=1S/C25H30ClN3O3/c1-18(30)29-14-6-5-9-23(29)25(31)27-19-10-11-24(22(26)17-19)32-21-12-15-28(16-13-21)20-7-3-2-4-8-20/h2-4,7-8,10-11,17,21,23H,5-6,9,12-16H2,1H3,(H,27,31). The van der Waals surface area contributed by atoms with Gasteiger partial charge in [-0.15, -0.1) is 0 Å². The summed E-state index contributed by atoms with van der Waals surface area (Å²) in [7, 11) is 0. The van der Waals surface area contributed by atoms with Gasteiger partial charge in [0, 0.05) is 50.8 Å². The highest BCUT2D eigenvalue weighted by atomic mass is 35.5. The monoisotopic (exact) mass is 455 g/mol. The van der Waals surface area contributed by atoms with Crippen LogP contribution in [0.2, 0.25) is 5.02 Å². The van der Waals surface area contributed by atoms with E-state index in [1.54, 1.807) is 17.0 Å². The SMILES string of the molecule is CC(=O)N1CCCCC1C(=O)Nc1ccc(OC2CCN(c3ccccc3)CC2)c(Cl)c1. The van der Waals surface area contributed by atoms with Gasteiger partial charge in [0.15, 0.2) is 0 Å². The predicted octanol–water partition coefficient (Wildman–Crippen LogP) is 4.73. The Morgan fingerprint density at radius 3 is 2.44 bits per heavy atom. The Hall–Kier alpha value is -2.73. The predicted molar refractivity (Wildman–Crippen MR) is 127 cm³/mol. The smallest absolute Gasteiger partial charge is 0.247 e. The third-order valence-electron chi connectivity index (χ3n) is 6.27. The second-order valence-electron chi connectivity index (χ2n) is 8.50. The summed E-state index contributed by atoms with van der Waals surface area (Å²) in [4.78, 5) is 28.6. The molecule has 2 aromatic carbocycles. The summed E-state index contributed by atoms with van der Waals surface area (Å²) >= 11 is 6.47. The van der Waals surface area contributed by atoms with E-state index in [0.29, 0.717) is 29.4 Å². The van der Waals surface area contributed by atoms with E-state index >= 15 is 0 Å². The molecule has 170 valence electrons. The first-order chi connectivity index (χ1) is 15.5. The third kappa shape index (κ3) is 5.36. The van der Waals surface area contributed by atoms with Crippen molar-refractivity contribution >= 4 is 34.8 Å². The average Bonchev–Trinajstić information content (AvgIpc) is 2.82. The molecule has 2 heterocycles. The molecule has 7 heteroatoms. The molecule has 0 saturated carbocycles. The number of rotatable bonds is 5. The summed E-state index contributed by atoms with van der Waals surface area (Å²) < 4.78 is 6.17. The van der Waals surface area contributed by atoms with Gasteiger partial charge in [-0.05, 0) is 49.6 Å². The summed E-state index contributed by atoms with van der Waals surface area (Å²) in [6, 6.07) is 15.3. The van der Waals surface area contributed by atoms with Crippen LogP contribution in [0.5, 0.6) is 5.75 Å². The Balaban J connectivity index is 1.32. The number of para-hydroxylation sites is 1. The molecule has 2 aliphatic rings. The zero-order chi connectivity index (χ0) is 22.5. The number of piperidine rings is 2. The number of ether oxygens (including phenoxy) is 1. The lowest BCUT2D eigenvalue weighted by Gasteiger charge is -2.34. The number of likely N-dealkylation sites (tertiary alicyclic amines) is 1. The van der Waals surface area contributed by atoms with Gasteiger partial charge in [-0.25, -0.2) is 0 Å². The summed E-state index contributed by atoms with van der Waals surface area (Å²) in [5.41, 5.74) is 1.85. The fourth-order valence-corrected chi connectivity index (χ4v) is 4.76. The van der Waals surface area contributed by atoms with Crippen molar-refractivity contribution in [2.75, 3.05) is 29.9 Å². The van der Waals surface area contributed by atoms with Gasteiger partial charge in [-0.1, -0.05) is 29.8 Å². The molecule has 1 unspecified atom stereocenters. The Bertz CT molecular complexity index is 945. The number of anilines is 2. The van der Waals surface area contributed by atoms with Crippen molar-refractivity contribution in [3.8, 4) is 5.75 Å². The fourth-order valence-electron chi connectivity index (χ4n) is 4.53. The van der Waals surface area contributed by atoms with E-state index in [9.17, 15) is 9.59 Å². The molecule has 6 nitrogen and oxygen atoms in total. The van der Waals surface area contributed by atoms with Crippen molar-refractivity contribution < 1.29 is 14.3 Å². The maximum Gasteiger partial charge on any atom is 0.247 e. The van der Waals surface area contributed by atoms with Crippen LogP contribution >= 0.6 is 11.6 Å². The molecule has 32 heavy (non-hydrogen) atoms. The molecular formula is C25H30ClN3O3. The van der Waals surface area contributed by atoms with E-state index in [4.69, 9.17) is 16.3 Å². The lowest BCUT2D eigenvalue weighted by atomic mass is 10.0. The van der Waals surface area contributed by atoms with Gasteiger partial charge in [-0.3, -0.25) is 9.59 Å². The lowest BCUT2D eigenvalue weighted by Crippen LogP contribution is -2.49. The number of benzene rings is 2. The van der Waals surface area contributed by atoms with Crippen LogP contribution in [0.15, 0.2) is 48.5 Å². The largest absolute Gasteiger partial charge is 0.489 e. The topological polar surface area (TPSA) is 61.9 Å². The Kier molecular flexibility index (Phi) is 7.20. The zero-order valence-corrected chi connectivity index (χ0v) is 19.2. The van der Waals surface area contributed by atoms with Crippen LogP contribution in [0, 0.1) is 0 Å². The number of hydrogen-bond acceptors (Lipinski definition) is 4. The molecule has 0 aliphatic carbocycles. The first-order valence-corrected chi connectivity index (χ1v) is 11.7. The Morgan fingerprint density at radius 2 is 1.75 bits per heavy atom. The number of hydrogen-bond donors (Lipinski definition) is 1. The molecule has 0 spiro atoms. The molecule has 2 saturated heterocycles. The summed E-state index contributed by atoms with van der Waals surface area (Å²) in [5, 5.41) is 3.39. The van der Waals surface area contributed by atoms with E-state index in [-0.39, 0.29) is 17.9 Å². The quantitative estimate of drug-likeness (QED) is 0.708. The van der Waals surface area contributed by atoms with Gasteiger partial charge in [0.05, 0.1) is 5.02 Å². The highest BCUT2D eigenvalue weighted by Gasteiger charge is 2.30. The van der Waals surface area contributed by atoms with Crippen molar-refractivity contribution in [2.45, 2.75) is 51.2 Å². The van der Waals surface area contributed by atoms with Crippen LogP contribution in [-0.2, 0) is 9.59 Å². The molecule has 0 aromatic heterocycles. The molecule has 2 fully saturated rings. The molecule has 0 radical (unpaired) electrons. The third-order valence-corrected chi connectivity index (χ3v) is 6.56. The first-order valence-electron chi connectivity index (χ1n) is 11.4. The van der Waals surface area contributed by atoms with E-state index in [1.165, 1.54) is 12.6 Å². The van der Waals surface area contributed by atoms with Crippen LogP contribution in [0.3, 0.4) is 0 Å². The van der Waals surface area contributed by atoms with Crippen molar-refractivity contribution in [3.63, 3.8) is 0 Å². The molecular weight excluding hydrogens is 426 g/mol. The van der Waals surface area contributed by atoms with E-state index < -0.39 is 6.04 Å². The van der Waals surface area contributed by atoms with E-state index in [0.717, 1.165) is 38.8 Å². The number of nitrogens with one attached hydrogen (secondary N) is 1. The van der Waals surface area contributed by atoms with Gasteiger partial charge < -0.3 is 19.9 Å². The minimum absolute atomic E-state index is 0.0649. The summed E-state index contributed by atoms with van der Waals surface area (Å²) in [6.07, 6.45) is 4.52. The number of nitrogens with zero attached hydrogens (tertiary/aromatic N) is 2. The maximum absolute atomic E-state index is 12.8. The van der Waals surface area contributed by atoms with Crippen molar-refractivity contribution in [3.05, 3.63) is 53.6 Å². The second-order valence-corrected chi connectivity index (χ2v) is 8.91. The highest BCUT2D eigenvalue weighted by Crippen LogP contribution is 2.31.